The summed E-state index contributed by atoms with van der Waals surface area (Å²) in [5.74, 6) is -1.15. The molecule has 2 heterocycles. The molecule has 0 aromatic heterocycles. The van der Waals surface area contributed by atoms with E-state index in [0.717, 1.165) is 22.4 Å². The molecule has 0 spiro atoms. The van der Waals surface area contributed by atoms with Crippen molar-refractivity contribution in [2.45, 2.75) is 44.1 Å². The molecule has 154 valence electrons. The molecule has 10 heteroatoms. The minimum Gasteiger partial charge on any atom is -0.303 e. The predicted octanol–water partition coefficient (Wildman–Crippen LogP) is 0.725. The molecule has 0 N–H and O–H groups in total. The quantitative estimate of drug-likeness (QED) is 0.370. The van der Waals surface area contributed by atoms with Gasteiger partial charge in [-0.25, -0.2) is 0 Å². The zero-order valence-electron chi connectivity index (χ0n) is 16.1. The van der Waals surface area contributed by atoms with E-state index in [-0.39, 0.29) is 25.4 Å². The third kappa shape index (κ3) is 5.22. The lowest BCUT2D eigenvalue weighted by atomic mass is 10.00. The minimum absolute atomic E-state index is 0.00298. The second-order valence-corrected chi connectivity index (χ2v) is 10.1. The lowest BCUT2D eigenvalue weighted by Crippen LogP contribution is -2.45. The van der Waals surface area contributed by atoms with Gasteiger partial charge in [0, 0.05) is 35.7 Å². The summed E-state index contributed by atoms with van der Waals surface area (Å²) >= 11 is 2.47. The van der Waals surface area contributed by atoms with Gasteiger partial charge in [-0.15, -0.1) is 23.5 Å². The molecule has 8 nitrogen and oxygen atoms in total. The lowest BCUT2D eigenvalue weighted by molar-refractivity contribution is -0.147. The summed E-state index contributed by atoms with van der Waals surface area (Å²) in [6.45, 7) is 4.85. The molecule has 2 aliphatic rings. The highest BCUT2D eigenvalue weighted by Crippen LogP contribution is 2.31. The summed E-state index contributed by atoms with van der Waals surface area (Å²) in [4.78, 5) is 73.1. The van der Waals surface area contributed by atoms with Crippen molar-refractivity contribution >= 4 is 59.7 Å². The molecule has 0 saturated carbocycles. The van der Waals surface area contributed by atoms with Crippen LogP contribution in [0, 0.1) is 11.3 Å². The molecule has 28 heavy (non-hydrogen) atoms. The summed E-state index contributed by atoms with van der Waals surface area (Å²) in [5, 5.41) is -1.21. The Kier molecular flexibility index (Phi) is 7.44. The van der Waals surface area contributed by atoms with Crippen LogP contribution in [0.15, 0.2) is 0 Å². The average Bonchev–Trinajstić information content (AvgIpc) is 3.08. The third-order valence-electron chi connectivity index (χ3n) is 4.46. The summed E-state index contributed by atoms with van der Waals surface area (Å²) in [6.07, 6.45) is 1.59. The van der Waals surface area contributed by atoms with Crippen molar-refractivity contribution in [3.63, 3.8) is 0 Å². The molecule has 4 amide bonds. The standard InChI is InChI=1S/C18H24N2O6S2/c1-11(6-21)7-27-12-4-14(23)19(16(12)25)10-20-15(24)5-13(17(20)26)28-9-18(2,3)8-22/h6,8,11-13H,4-5,7,9-10H2,1-3H3. The fourth-order valence-corrected chi connectivity index (χ4v) is 5.03. The van der Waals surface area contributed by atoms with E-state index in [2.05, 4.69) is 0 Å². The van der Waals surface area contributed by atoms with E-state index in [1.165, 1.54) is 23.5 Å². The largest absolute Gasteiger partial charge is 0.303 e. The maximum Gasteiger partial charge on any atom is 0.244 e. The average molecular weight is 429 g/mol. The molecule has 2 saturated heterocycles. The molecule has 3 unspecified atom stereocenters. The highest BCUT2D eigenvalue weighted by atomic mass is 32.2. The van der Waals surface area contributed by atoms with Crippen molar-refractivity contribution in [2.24, 2.45) is 11.3 Å². The summed E-state index contributed by atoms with van der Waals surface area (Å²) in [7, 11) is 0. The molecule has 0 radical (unpaired) electrons. The monoisotopic (exact) mass is 428 g/mol. The van der Waals surface area contributed by atoms with E-state index in [1.54, 1.807) is 20.8 Å². The van der Waals surface area contributed by atoms with E-state index in [0.29, 0.717) is 11.5 Å². The Morgan fingerprint density at radius 2 is 1.50 bits per heavy atom. The van der Waals surface area contributed by atoms with Crippen LogP contribution in [0.2, 0.25) is 0 Å². The molecule has 0 aliphatic carbocycles. The van der Waals surface area contributed by atoms with Gasteiger partial charge >= 0.3 is 0 Å². The highest BCUT2D eigenvalue weighted by Gasteiger charge is 2.45. The molecular weight excluding hydrogens is 404 g/mol. The summed E-state index contributed by atoms with van der Waals surface area (Å²) in [5.41, 5.74) is -0.606. The summed E-state index contributed by atoms with van der Waals surface area (Å²) < 4.78 is 0. The number of imide groups is 2. The van der Waals surface area contributed by atoms with Crippen LogP contribution in [0.4, 0.5) is 0 Å². The zero-order chi connectivity index (χ0) is 21.1. The van der Waals surface area contributed by atoms with Gasteiger partial charge < -0.3 is 9.59 Å². The molecule has 3 atom stereocenters. The number of nitrogens with zero attached hydrogens (tertiary/aromatic N) is 2. The van der Waals surface area contributed by atoms with Crippen molar-refractivity contribution in [1.29, 1.82) is 0 Å². The van der Waals surface area contributed by atoms with Crippen LogP contribution in [0.1, 0.15) is 33.6 Å². The molecule has 2 aliphatic heterocycles. The van der Waals surface area contributed by atoms with Crippen molar-refractivity contribution in [2.75, 3.05) is 18.2 Å². The molecule has 2 rings (SSSR count). The van der Waals surface area contributed by atoms with Gasteiger partial charge in [0.15, 0.2) is 0 Å². The molecule has 0 aromatic carbocycles. The van der Waals surface area contributed by atoms with Crippen molar-refractivity contribution in [3.8, 4) is 0 Å². The summed E-state index contributed by atoms with van der Waals surface area (Å²) in [6, 6.07) is 0. The fraction of sp³-hybridized carbons (Fsp3) is 0.667. The van der Waals surface area contributed by atoms with E-state index in [1.807, 2.05) is 0 Å². The van der Waals surface area contributed by atoms with Gasteiger partial charge in [0.1, 0.15) is 19.2 Å². The minimum atomic E-state index is -0.613. The maximum absolute atomic E-state index is 12.6. The normalized spacial score (nSPS) is 24.2. The predicted molar refractivity (Wildman–Crippen MR) is 105 cm³/mol. The van der Waals surface area contributed by atoms with Gasteiger partial charge in [0.25, 0.3) is 0 Å². The number of carbonyl (C=O) groups excluding carboxylic acids is 6. The van der Waals surface area contributed by atoms with Crippen LogP contribution in [0.3, 0.4) is 0 Å². The number of rotatable bonds is 10. The fourth-order valence-electron chi connectivity index (χ4n) is 2.66. The smallest absolute Gasteiger partial charge is 0.244 e. The Labute approximate surface area is 172 Å². The molecule has 0 aromatic rings. The Bertz CT molecular complexity index is 696. The number of thioether (sulfide) groups is 2. The van der Waals surface area contributed by atoms with E-state index >= 15 is 0 Å². The van der Waals surface area contributed by atoms with Crippen LogP contribution >= 0.6 is 23.5 Å². The van der Waals surface area contributed by atoms with E-state index < -0.39 is 39.5 Å². The number of likely N-dealkylation sites (tertiary alicyclic amines) is 2. The van der Waals surface area contributed by atoms with Gasteiger partial charge in [-0.2, -0.15) is 0 Å². The first-order chi connectivity index (χ1) is 13.1. The van der Waals surface area contributed by atoms with Crippen LogP contribution in [0.25, 0.3) is 0 Å². The second-order valence-electron chi connectivity index (χ2n) is 7.71. The first-order valence-corrected chi connectivity index (χ1v) is 11.0. The van der Waals surface area contributed by atoms with Crippen LogP contribution in [-0.2, 0) is 28.8 Å². The number of aldehydes is 2. The maximum atomic E-state index is 12.6. The zero-order valence-corrected chi connectivity index (χ0v) is 17.7. The first-order valence-electron chi connectivity index (χ1n) is 8.93. The number of hydrogen-bond acceptors (Lipinski definition) is 8. The highest BCUT2D eigenvalue weighted by molar-refractivity contribution is 8.00. The van der Waals surface area contributed by atoms with Gasteiger partial charge in [-0.1, -0.05) is 20.8 Å². The van der Waals surface area contributed by atoms with Crippen molar-refractivity contribution in [1.82, 2.24) is 9.80 Å². The molecule has 2 fully saturated rings. The Morgan fingerprint density at radius 3 is 1.96 bits per heavy atom. The van der Waals surface area contributed by atoms with E-state index in [9.17, 15) is 28.8 Å². The van der Waals surface area contributed by atoms with Crippen LogP contribution < -0.4 is 0 Å². The van der Waals surface area contributed by atoms with Crippen molar-refractivity contribution < 1.29 is 28.8 Å². The SMILES string of the molecule is CC(C=O)CSC1CC(=O)N(CN2C(=O)CC(SCC(C)(C)C=O)C2=O)C1=O. The molecule has 0 bridgehead atoms. The van der Waals surface area contributed by atoms with Gasteiger partial charge in [0.2, 0.25) is 23.6 Å². The number of hydrogen-bond donors (Lipinski definition) is 0. The first kappa shape index (κ1) is 22.6. The number of carbonyl (C=O) groups is 6. The second kappa shape index (κ2) is 9.21. The third-order valence-corrected chi connectivity index (χ3v) is 7.63. The number of amides is 4. The Morgan fingerprint density at radius 1 is 1.00 bits per heavy atom. The molecular formula is C18H24N2O6S2. The van der Waals surface area contributed by atoms with Gasteiger partial charge in [-0.3, -0.25) is 29.0 Å². The Balaban J connectivity index is 1.96. The van der Waals surface area contributed by atoms with Gasteiger partial charge in [-0.05, 0) is 0 Å². The van der Waals surface area contributed by atoms with Gasteiger partial charge in [0.05, 0.1) is 10.5 Å². The van der Waals surface area contributed by atoms with Crippen LogP contribution in [-0.4, -0.2) is 74.7 Å². The van der Waals surface area contributed by atoms with Crippen molar-refractivity contribution in [3.05, 3.63) is 0 Å². The Hall–Kier alpha value is -1.68. The lowest BCUT2D eigenvalue weighted by Gasteiger charge is -2.22. The topological polar surface area (TPSA) is 109 Å². The van der Waals surface area contributed by atoms with Crippen LogP contribution in [0.5, 0.6) is 0 Å². The van der Waals surface area contributed by atoms with E-state index in [4.69, 9.17) is 0 Å².